The average molecular weight is 338 g/mol. The number of rotatable bonds is 2. The van der Waals surface area contributed by atoms with Crippen LogP contribution in [0.15, 0.2) is 22.7 Å². The minimum Gasteiger partial charge on any atom is -0.334 e. The van der Waals surface area contributed by atoms with Crippen LogP contribution in [0.4, 0.5) is 4.39 Å². The third-order valence-corrected chi connectivity index (χ3v) is 3.72. The van der Waals surface area contributed by atoms with Gasteiger partial charge in [0.15, 0.2) is 0 Å². The van der Waals surface area contributed by atoms with Gasteiger partial charge in [0.2, 0.25) is 0 Å². The summed E-state index contributed by atoms with van der Waals surface area (Å²) in [6.07, 6.45) is 1.90. The molecule has 6 heteroatoms. The van der Waals surface area contributed by atoms with E-state index in [0.717, 1.165) is 12.8 Å². The normalized spacial score (nSPS) is 18.6. The van der Waals surface area contributed by atoms with Gasteiger partial charge >= 0.3 is 0 Å². The lowest BCUT2D eigenvalue weighted by Crippen LogP contribution is -2.39. The zero-order valence-electron chi connectivity index (χ0n) is 9.73. The number of halogens is 3. The molecule has 1 aliphatic heterocycles. The van der Waals surface area contributed by atoms with Gasteiger partial charge < -0.3 is 10.6 Å². The lowest BCUT2D eigenvalue weighted by molar-refractivity contribution is 0.0740. The third-order valence-electron chi connectivity index (χ3n) is 3.08. The van der Waals surface area contributed by atoms with E-state index >= 15 is 0 Å². The second kappa shape index (κ2) is 6.50. The maximum Gasteiger partial charge on any atom is 0.254 e. The van der Waals surface area contributed by atoms with Crippen LogP contribution in [0.25, 0.3) is 0 Å². The topological polar surface area (TPSA) is 46.3 Å². The Morgan fingerprint density at radius 1 is 1.56 bits per heavy atom. The van der Waals surface area contributed by atoms with Crippen LogP contribution in [-0.4, -0.2) is 29.9 Å². The largest absolute Gasteiger partial charge is 0.334 e. The van der Waals surface area contributed by atoms with Crippen LogP contribution in [0.2, 0.25) is 0 Å². The molecule has 18 heavy (non-hydrogen) atoms. The van der Waals surface area contributed by atoms with Crippen molar-refractivity contribution in [3.63, 3.8) is 0 Å². The lowest BCUT2D eigenvalue weighted by atomic mass is 10.1. The van der Waals surface area contributed by atoms with Crippen molar-refractivity contribution >= 4 is 34.2 Å². The minimum atomic E-state index is -0.417. The highest BCUT2D eigenvalue weighted by molar-refractivity contribution is 9.10. The molecule has 1 aromatic carbocycles. The van der Waals surface area contributed by atoms with E-state index in [4.69, 9.17) is 5.73 Å². The Bertz CT molecular complexity index is 444. The van der Waals surface area contributed by atoms with E-state index in [-0.39, 0.29) is 24.4 Å². The van der Waals surface area contributed by atoms with E-state index < -0.39 is 5.82 Å². The zero-order chi connectivity index (χ0) is 12.4. The van der Waals surface area contributed by atoms with Crippen LogP contribution in [0, 0.1) is 5.82 Å². The first kappa shape index (κ1) is 15.4. The van der Waals surface area contributed by atoms with Crippen molar-refractivity contribution in [2.24, 2.45) is 5.73 Å². The fourth-order valence-corrected chi connectivity index (χ4v) is 2.39. The molecule has 0 radical (unpaired) electrons. The molecule has 0 aliphatic carbocycles. The minimum absolute atomic E-state index is 0. The van der Waals surface area contributed by atoms with E-state index in [0.29, 0.717) is 23.1 Å². The SMILES string of the molecule is Cl.NCC1CCCN1C(=O)c1ccc(Br)c(F)c1. The quantitative estimate of drug-likeness (QED) is 0.901. The molecule has 100 valence electrons. The van der Waals surface area contributed by atoms with Gasteiger partial charge in [0, 0.05) is 24.7 Å². The van der Waals surface area contributed by atoms with Gasteiger partial charge in [-0.25, -0.2) is 4.39 Å². The lowest BCUT2D eigenvalue weighted by Gasteiger charge is -2.23. The summed E-state index contributed by atoms with van der Waals surface area (Å²) >= 11 is 3.07. The van der Waals surface area contributed by atoms with Gasteiger partial charge in [-0.1, -0.05) is 0 Å². The molecule has 1 saturated heterocycles. The van der Waals surface area contributed by atoms with Crippen LogP contribution in [0.3, 0.4) is 0 Å². The van der Waals surface area contributed by atoms with E-state index in [9.17, 15) is 9.18 Å². The highest BCUT2D eigenvalue weighted by atomic mass is 79.9. The van der Waals surface area contributed by atoms with Crippen LogP contribution in [0.5, 0.6) is 0 Å². The molecular formula is C12H15BrClFN2O. The van der Waals surface area contributed by atoms with Crippen molar-refractivity contribution in [3.8, 4) is 0 Å². The van der Waals surface area contributed by atoms with Gasteiger partial charge in [-0.15, -0.1) is 12.4 Å². The fraction of sp³-hybridized carbons (Fsp3) is 0.417. The predicted molar refractivity (Wildman–Crippen MR) is 74.5 cm³/mol. The third kappa shape index (κ3) is 3.02. The van der Waals surface area contributed by atoms with Crippen molar-refractivity contribution in [2.45, 2.75) is 18.9 Å². The Morgan fingerprint density at radius 3 is 2.89 bits per heavy atom. The number of amides is 1. The summed E-state index contributed by atoms with van der Waals surface area (Å²) in [7, 11) is 0. The first-order chi connectivity index (χ1) is 8.13. The van der Waals surface area contributed by atoms with E-state index in [1.165, 1.54) is 6.07 Å². The summed E-state index contributed by atoms with van der Waals surface area (Å²) in [5.74, 6) is -0.552. The Kier molecular flexibility index (Phi) is 5.56. The predicted octanol–water partition coefficient (Wildman–Crippen LogP) is 2.57. The van der Waals surface area contributed by atoms with Gasteiger partial charge in [-0.05, 0) is 47.0 Å². The molecule has 1 fully saturated rings. The van der Waals surface area contributed by atoms with Crippen LogP contribution < -0.4 is 5.73 Å². The molecule has 0 spiro atoms. The van der Waals surface area contributed by atoms with Gasteiger partial charge in [-0.2, -0.15) is 0 Å². The molecule has 3 nitrogen and oxygen atoms in total. The van der Waals surface area contributed by atoms with Gasteiger partial charge in [0.25, 0.3) is 5.91 Å². The van der Waals surface area contributed by atoms with Gasteiger partial charge in [0.1, 0.15) is 5.82 Å². The molecule has 0 aromatic heterocycles. The Hall–Kier alpha value is -0.650. The van der Waals surface area contributed by atoms with E-state index in [1.54, 1.807) is 17.0 Å². The molecule has 1 unspecified atom stereocenters. The number of hydrogen-bond acceptors (Lipinski definition) is 2. The van der Waals surface area contributed by atoms with Crippen LogP contribution >= 0.6 is 28.3 Å². The monoisotopic (exact) mass is 336 g/mol. The Labute approximate surface area is 120 Å². The summed E-state index contributed by atoms with van der Waals surface area (Å²) in [6.45, 7) is 1.17. The smallest absolute Gasteiger partial charge is 0.254 e. The molecule has 2 N–H and O–H groups in total. The summed E-state index contributed by atoms with van der Waals surface area (Å²) < 4.78 is 13.7. The number of likely N-dealkylation sites (tertiary alicyclic amines) is 1. The van der Waals surface area contributed by atoms with Crippen LogP contribution in [0.1, 0.15) is 23.2 Å². The molecule has 1 aliphatic rings. The second-order valence-corrected chi connectivity index (χ2v) is 5.01. The number of nitrogens with two attached hydrogens (primary N) is 1. The zero-order valence-corrected chi connectivity index (χ0v) is 12.1. The number of carbonyl (C=O) groups is 1. The summed E-state index contributed by atoms with van der Waals surface area (Å²) in [6, 6.07) is 4.53. The standard InChI is InChI=1S/C12H14BrFN2O.ClH/c13-10-4-3-8(6-11(10)14)12(17)16-5-1-2-9(16)7-15;/h3-4,6,9H,1-2,5,7,15H2;1H. The van der Waals surface area contributed by atoms with Gasteiger partial charge in [0.05, 0.1) is 4.47 Å². The maximum atomic E-state index is 13.4. The Morgan fingerprint density at radius 2 is 2.28 bits per heavy atom. The first-order valence-corrected chi connectivity index (χ1v) is 6.39. The summed E-state index contributed by atoms with van der Waals surface area (Å²) in [4.78, 5) is 13.9. The van der Waals surface area contributed by atoms with Crippen molar-refractivity contribution in [3.05, 3.63) is 34.1 Å². The Balaban J connectivity index is 0.00000162. The van der Waals surface area contributed by atoms with Crippen LogP contribution in [-0.2, 0) is 0 Å². The van der Waals surface area contributed by atoms with Gasteiger partial charge in [-0.3, -0.25) is 4.79 Å². The fourth-order valence-electron chi connectivity index (χ4n) is 2.14. The molecule has 0 bridgehead atoms. The highest BCUT2D eigenvalue weighted by Gasteiger charge is 2.28. The maximum absolute atomic E-state index is 13.4. The van der Waals surface area contributed by atoms with Crippen molar-refractivity contribution in [1.29, 1.82) is 0 Å². The van der Waals surface area contributed by atoms with E-state index in [2.05, 4.69) is 15.9 Å². The second-order valence-electron chi connectivity index (χ2n) is 4.16. The molecular weight excluding hydrogens is 322 g/mol. The molecule has 1 amide bonds. The molecule has 1 heterocycles. The molecule has 0 saturated carbocycles. The van der Waals surface area contributed by atoms with Crippen molar-refractivity contribution in [2.75, 3.05) is 13.1 Å². The molecule has 2 rings (SSSR count). The summed E-state index contributed by atoms with van der Waals surface area (Å²) in [5, 5.41) is 0. The average Bonchev–Trinajstić information content (AvgIpc) is 2.80. The molecule has 1 aromatic rings. The number of benzene rings is 1. The summed E-state index contributed by atoms with van der Waals surface area (Å²) in [5.41, 5.74) is 6.00. The first-order valence-electron chi connectivity index (χ1n) is 5.59. The number of hydrogen-bond donors (Lipinski definition) is 1. The van der Waals surface area contributed by atoms with E-state index in [1.807, 2.05) is 0 Å². The number of carbonyl (C=O) groups excluding carboxylic acids is 1. The number of nitrogens with zero attached hydrogens (tertiary/aromatic N) is 1. The highest BCUT2D eigenvalue weighted by Crippen LogP contribution is 2.22. The molecule has 1 atom stereocenters. The van der Waals surface area contributed by atoms with Crippen molar-refractivity contribution in [1.82, 2.24) is 4.90 Å². The van der Waals surface area contributed by atoms with Crippen molar-refractivity contribution < 1.29 is 9.18 Å².